The summed E-state index contributed by atoms with van der Waals surface area (Å²) in [4.78, 5) is 10.8. The largest absolute Gasteiger partial charge is 0.356 e. The van der Waals surface area contributed by atoms with E-state index in [1.165, 1.54) is 16.8 Å². The summed E-state index contributed by atoms with van der Waals surface area (Å²) in [6.45, 7) is 2.20. The summed E-state index contributed by atoms with van der Waals surface area (Å²) < 4.78 is 0. The highest BCUT2D eigenvalue weighted by atomic mass is 14.9. The quantitative estimate of drug-likeness (QED) is 0.731. The van der Waals surface area contributed by atoms with E-state index in [-0.39, 0.29) is 0 Å². The van der Waals surface area contributed by atoms with E-state index in [2.05, 4.69) is 58.3 Å². The van der Waals surface area contributed by atoms with Gasteiger partial charge in [0.05, 0.1) is 5.69 Å². The number of aromatic nitrogens is 3. The lowest BCUT2D eigenvalue weighted by molar-refractivity contribution is 1.03. The van der Waals surface area contributed by atoms with Crippen molar-refractivity contribution >= 4 is 0 Å². The predicted octanol–water partition coefficient (Wildman–Crippen LogP) is 3.56. The minimum absolute atomic E-state index is 0.884. The SMILES string of the molecule is CCc1ccccc1Cc1ccc(-c2ncc[nH]2)[nH]1. The monoisotopic (exact) mass is 251 g/mol. The zero-order chi connectivity index (χ0) is 13.1. The molecule has 0 atom stereocenters. The predicted molar refractivity (Wildman–Crippen MR) is 77.0 cm³/mol. The zero-order valence-corrected chi connectivity index (χ0v) is 11.0. The number of H-pyrrole nitrogens is 2. The van der Waals surface area contributed by atoms with Gasteiger partial charge in [-0.25, -0.2) is 4.98 Å². The summed E-state index contributed by atoms with van der Waals surface area (Å²) in [6.07, 6.45) is 5.61. The highest BCUT2D eigenvalue weighted by Crippen LogP contribution is 2.18. The first-order valence-corrected chi connectivity index (χ1v) is 6.61. The lowest BCUT2D eigenvalue weighted by Crippen LogP contribution is -1.94. The summed E-state index contributed by atoms with van der Waals surface area (Å²) in [5.41, 5.74) is 5.05. The Hall–Kier alpha value is -2.29. The molecule has 3 rings (SSSR count). The van der Waals surface area contributed by atoms with Crippen molar-refractivity contribution in [1.82, 2.24) is 15.0 Å². The van der Waals surface area contributed by atoms with Crippen LogP contribution in [-0.2, 0) is 12.8 Å². The fourth-order valence-corrected chi connectivity index (χ4v) is 2.37. The summed E-state index contributed by atoms with van der Waals surface area (Å²) in [5, 5.41) is 0. The van der Waals surface area contributed by atoms with Gasteiger partial charge in [0.1, 0.15) is 0 Å². The number of aromatic amines is 2. The third kappa shape index (κ3) is 2.45. The van der Waals surface area contributed by atoms with Crippen LogP contribution in [0.1, 0.15) is 23.7 Å². The van der Waals surface area contributed by atoms with Crippen LogP contribution in [-0.4, -0.2) is 15.0 Å². The maximum absolute atomic E-state index is 4.25. The van der Waals surface area contributed by atoms with Crippen molar-refractivity contribution in [2.45, 2.75) is 19.8 Å². The van der Waals surface area contributed by atoms with Crippen LogP contribution in [0.25, 0.3) is 11.5 Å². The van der Waals surface area contributed by atoms with Crippen LogP contribution in [0.5, 0.6) is 0 Å². The highest BCUT2D eigenvalue weighted by Gasteiger charge is 2.06. The Morgan fingerprint density at radius 3 is 2.63 bits per heavy atom. The Kier molecular flexibility index (Phi) is 3.19. The van der Waals surface area contributed by atoms with E-state index in [1.54, 1.807) is 6.20 Å². The number of nitrogens with one attached hydrogen (secondary N) is 2. The van der Waals surface area contributed by atoms with Crippen molar-refractivity contribution in [3.05, 3.63) is 65.6 Å². The Morgan fingerprint density at radius 2 is 1.89 bits per heavy atom. The van der Waals surface area contributed by atoms with Crippen LogP contribution in [0, 0.1) is 0 Å². The first-order valence-electron chi connectivity index (χ1n) is 6.61. The van der Waals surface area contributed by atoms with Gasteiger partial charge < -0.3 is 9.97 Å². The standard InChI is InChI=1S/C16H17N3/c1-2-12-5-3-4-6-13(12)11-14-7-8-15(19-14)16-17-9-10-18-16/h3-10,19H,2,11H2,1H3,(H,17,18). The van der Waals surface area contributed by atoms with Crippen molar-refractivity contribution in [2.75, 3.05) is 0 Å². The van der Waals surface area contributed by atoms with Gasteiger partial charge in [-0.1, -0.05) is 31.2 Å². The first kappa shape index (κ1) is 11.8. The number of nitrogens with zero attached hydrogens (tertiary/aromatic N) is 1. The van der Waals surface area contributed by atoms with Crippen LogP contribution >= 0.6 is 0 Å². The average Bonchev–Trinajstić information content (AvgIpc) is 3.09. The highest BCUT2D eigenvalue weighted by molar-refractivity contribution is 5.50. The minimum atomic E-state index is 0.884. The van der Waals surface area contributed by atoms with Gasteiger partial charge in [-0.2, -0.15) is 0 Å². The van der Waals surface area contributed by atoms with Gasteiger partial charge in [0, 0.05) is 24.5 Å². The van der Waals surface area contributed by atoms with E-state index in [1.807, 2.05) is 6.20 Å². The molecule has 1 aromatic carbocycles. The van der Waals surface area contributed by atoms with Gasteiger partial charge in [0.2, 0.25) is 0 Å². The molecule has 0 radical (unpaired) electrons. The molecule has 3 aromatic rings. The summed E-state index contributed by atoms with van der Waals surface area (Å²) in [6, 6.07) is 12.8. The lowest BCUT2D eigenvalue weighted by atomic mass is 10.0. The van der Waals surface area contributed by atoms with Crippen molar-refractivity contribution < 1.29 is 0 Å². The van der Waals surface area contributed by atoms with Crippen molar-refractivity contribution in [3.63, 3.8) is 0 Å². The van der Waals surface area contributed by atoms with E-state index in [9.17, 15) is 0 Å². The minimum Gasteiger partial charge on any atom is -0.356 e. The third-order valence-electron chi connectivity index (χ3n) is 3.38. The maximum atomic E-state index is 4.25. The van der Waals surface area contributed by atoms with E-state index in [0.717, 1.165) is 24.4 Å². The molecule has 3 nitrogen and oxygen atoms in total. The summed E-state index contributed by atoms with van der Waals surface area (Å²) >= 11 is 0. The molecule has 2 N–H and O–H groups in total. The molecule has 2 heterocycles. The number of hydrogen-bond acceptors (Lipinski definition) is 1. The molecular formula is C16H17N3. The Balaban J connectivity index is 1.84. The van der Waals surface area contributed by atoms with Crippen molar-refractivity contribution in [3.8, 4) is 11.5 Å². The van der Waals surface area contributed by atoms with Crippen LogP contribution in [0.15, 0.2) is 48.8 Å². The van der Waals surface area contributed by atoms with Crippen molar-refractivity contribution in [2.24, 2.45) is 0 Å². The van der Waals surface area contributed by atoms with E-state index in [0.29, 0.717) is 0 Å². The van der Waals surface area contributed by atoms with Gasteiger partial charge in [0.15, 0.2) is 5.82 Å². The molecule has 0 saturated heterocycles. The van der Waals surface area contributed by atoms with Gasteiger partial charge in [-0.3, -0.25) is 0 Å². The molecule has 3 heteroatoms. The molecule has 19 heavy (non-hydrogen) atoms. The normalized spacial score (nSPS) is 10.8. The number of hydrogen-bond donors (Lipinski definition) is 2. The van der Waals surface area contributed by atoms with Crippen LogP contribution < -0.4 is 0 Å². The maximum Gasteiger partial charge on any atom is 0.153 e. The number of rotatable bonds is 4. The second-order valence-corrected chi connectivity index (χ2v) is 4.63. The molecule has 0 fully saturated rings. The molecule has 0 spiro atoms. The third-order valence-corrected chi connectivity index (χ3v) is 3.38. The first-order chi connectivity index (χ1) is 9.36. The fraction of sp³-hybridized carbons (Fsp3) is 0.188. The average molecular weight is 251 g/mol. The second kappa shape index (κ2) is 5.14. The molecule has 0 unspecified atom stereocenters. The van der Waals surface area contributed by atoms with E-state index in [4.69, 9.17) is 0 Å². The van der Waals surface area contributed by atoms with Gasteiger partial charge in [-0.15, -0.1) is 0 Å². The molecule has 0 saturated carbocycles. The Bertz CT molecular complexity index is 650. The van der Waals surface area contributed by atoms with Crippen molar-refractivity contribution in [1.29, 1.82) is 0 Å². The lowest BCUT2D eigenvalue weighted by Gasteiger charge is -2.06. The summed E-state index contributed by atoms with van der Waals surface area (Å²) in [5.74, 6) is 0.884. The molecule has 0 bridgehead atoms. The smallest absolute Gasteiger partial charge is 0.153 e. The molecule has 0 aliphatic heterocycles. The molecule has 0 aliphatic rings. The van der Waals surface area contributed by atoms with Gasteiger partial charge >= 0.3 is 0 Å². The molecule has 96 valence electrons. The van der Waals surface area contributed by atoms with Gasteiger partial charge in [-0.05, 0) is 29.7 Å². The molecule has 0 aliphatic carbocycles. The Morgan fingerprint density at radius 1 is 1.05 bits per heavy atom. The second-order valence-electron chi connectivity index (χ2n) is 4.63. The zero-order valence-electron chi connectivity index (χ0n) is 11.0. The Labute approximate surface area is 112 Å². The van der Waals surface area contributed by atoms with Crippen LogP contribution in [0.2, 0.25) is 0 Å². The number of benzene rings is 1. The van der Waals surface area contributed by atoms with Crippen LogP contribution in [0.4, 0.5) is 0 Å². The molecular weight excluding hydrogens is 234 g/mol. The topological polar surface area (TPSA) is 44.5 Å². The fourth-order valence-electron chi connectivity index (χ4n) is 2.37. The van der Waals surface area contributed by atoms with Crippen LogP contribution in [0.3, 0.4) is 0 Å². The summed E-state index contributed by atoms with van der Waals surface area (Å²) in [7, 11) is 0. The number of aryl methyl sites for hydroxylation is 1. The number of imidazole rings is 1. The molecule has 0 amide bonds. The molecule has 2 aromatic heterocycles. The van der Waals surface area contributed by atoms with E-state index < -0.39 is 0 Å². The van der Waals surface area contributed by atoms with Gasteiger partial charge in [0.25, 0.3) is 0 Å². The van der Waals surface area contributed by atoms with E-state index >= 15 is 0 Å².